The number of fused-ring (bicyclic) bond motifs is 1. The van der Waals surface area contributed by atoms with Crippen LogP contribution in [0, 0.1) is 0 Å². The number of ether oxygens (including phenoxy) is 2. The van der Waals surface area contributed by atoms with E-state index in [0.717, 1.165) is 0 Å². The average molecular weight is 226 g/mol. The number of rotatable bonds is 3. The van der Waals surface area contributed by atoms with Crippen LogP contribution in [0.2, 0.25) is 0 Å². The van der Waals surface area contributed by atoms with E-state index in [1.807, 2.05) is 0 Å². The monoisotopic (exact) mass is 226 g/mol. The maximum atomic E-state index is 9.68. The van der Waals surface area contributed by atoms with Gasteiger partial charge in [0.05, 0.1) is 6.61 Å². The van der Waals surface area contributed by atoms with Gasteiger partial charge < -0.3 is 24.8 Å². The van der Waals surface area contributed by atoms with Crippen LogP contribution in [-0.2, 0) is 0 Å². The van der Waals surface area contributed by atoms with Gasteiger partial charge in [0.1, 0.15) is 25.4 Å². The summed E-state index contributed by atoms with van der Waals surface area (Å²) in [5, 5.41) is 27.7. The number of aliphatic hydroxyl groups excluding tert-OH is 3. The van der Waals surface area contributed by atoms with E-state index in [1.54, 1.807) is 18.2 Å². The Bertz CT molecular complexity index is 365. The summed E-state index contributed by atoms with van der Waals surface area (Å²) in [7, 11) is 0. The quantitative estimate of drug-likeness (QED) is 0.667. The smallest absolute Gasteiger partial charge is 0.161 e. The minimum absolute atomic E-state index is 0.467. The van der Waals surface area contributed by atoms with Crippen LogP contribution in [0.5, 0.6) is 11.5 Å². The molecule has 0 spiro atoms. The molecule has 1 aromatic rings. The first-order valence-electron chi connectivity index (χ1n) is 5.09. The molecule has 0 saturated heterocycles. The van der Waals surface area contributed by atoms with Crippen molar-refractivity contribution in [2.45, 2.75) is 12.2 Å². The lowest BCUT2D eigenvalue weighted by molar-refractivity contribution is -0.0154. The normalized spacial score (nSPS) is 17.9. The van der Waals surface area contributed by atoms with E-state index in [-0.39, 0.29) is 0 Å². The van der Waals surface area contributed by atoms with Crippen molar-refractivity contribution in [3.05, 3.63) is 23.8 Å². The maximum absolute atomic E-state index is 9.68. The summed E-state index contributed by atoms with van der Waals surface area (Å²) >= 11 is 0. The highest BCUT2D eigenvalue weighted by Gasteiger charge is 2.20. The maximum Gasteiger partial charge on any atom is 0.161 e. The second kappa shape index (κ2) is 4.69. The molecule has 16 heavy (non-hydrogen) atoms. The van der Waals surface area contributed by atoms with Gasteiger partial charge in [-0.2, -0.15) is 0 Å². The lowest BCUT2D eigenvalue weighted by Crippen LogP contribution is -2.22. The molecule has 2 rings (SSSR count). The fraction of sp³-hybridized carbons (Fsp3) is 0.455. The number of hydrogen-bond donors (Lipinski definition) is 3. The van der Waals surface area contributed by atoms with Crippen LogP contribution in [-0.4, -0.2) is 41.2 Å². The molecular formula is C11H14O5. The molecule has 5 heteroatoms. The number of benzene rings is 1. The Morgan fingerprint density at radius 3 is 2.50 bits per heavy atom. The van der Waals surface area contributed by atoms with E-state index in [1.165, 1.54) is 0 Å². The van der Waals surface area contributed by atoms with Gasteiger partial charge in [0, 0.05) is 0 Å². The Morgan fingerprint density at radius 1 is 1.12 bits per heavy atom. The molecule has 0 aromatic heterocycles. The van der Waals surface area contributed by atoms with Crippen molar-refractivity contribution >= 4 is 0 Å². The molecule has 0 aliphatic carbocycles. The Labute approximate surface area is 92.9 Å². The first kappa shape index (κ1) is 11.2. The van der Waals surface area contributed by atoms with Gasteiger partial charge in [-0.25, -0.2) is 0 Å². The van der Waals surface area contributed by atoms with Crippen LogP contribution in [0.15, 0.2) is 18.2 Å². The Hall–Kier alpha value is -1.30. The van der Waals surface area contributed by atoms with E-state index in [9.17, 15) is 10.2 Å². The van der Waals surface area contributed by atoms with Crippen LogP contribution in [0.4, 0.5) is 0 Å². The molecule has 88 valence electrons. The lowest BCUT2D eigenvalue weighted by Gasteiger charge is -2.21. The van der Waals surface area contributed by atoms with Crippen molar-refractivity contribution in [2.24, 2.45) is 0 Å². The first-order valence-corrected chi connectivity index (χ1v) is 5.09. The fourth-order valence-corrected chi connectivity index (χ4v) is 1.57. The summed E-state index contributed by atoms with van der Waals surface area (Å²) in [6.45, 7) is 0.485. The fourth-order valence-electron chi connectivity index (χ4n) is 1.57. The van der Waals surface area contributed by atoms with Gasteiger partial charge in [0.25, 0.3) is 0 Å². The van der Waals surface area contributed by atoms with Crippen LogP contribution in [0.3, 0.4) is 0 Å². The van der Waals surface area contributed by atoms with Gasteiger partial charge in [-0.3, -0.25) is 0 Å². The topological polar surface area (TPSA) is 79.2 Å². The third kappa shape index (κ3) is 2.11. The SMILES string of the molecule is OCC(O)C(O)c1ccc2c(c1)OCCO2. The van der Waals surface area contributed by atoms with Gasteiger partial charge in [-0.15, -0.1) is 0 Å². The predicted molar refractivity (Wildman–Crippen MR) is 55.5 cm³/mol. The Morgan fingerprint density at radius 2 is 1.81 bits per heavy atom. The minimum Gasteiger partial charge on any atom is -0.486 e. The molecular weight excluding hydrogens is 212 g/mol. The van der Waals surface area contributed by atoms with Crippen LogP contribution in [0.1, 0.15) is 11.7 Å². The molecule has 2 unspecified atom stereocenters. The minimum atomic E-state index is -1.19. The zero-order valence-corrected chi connectivity index (χ0v) is 8.67. The molecule has 1 heterocycles. The average Bonchev–Trinajstić information content (AvgIpc) is 2.36. The molecule has 1 aliphatic rings. The molecule has 0 radical (unpaired) electrons. The largest absolute Gasteiger partial charge is 0.486 e. The van der Waals surface area contributed by atoms with E-state index in [2.05, 4.69) is 0 Å². The van der Waals surface area contributed by atoms with Crippen LogP contribution < -0.4 is 9.47 Å². The molecule has 0 bridgehead atoms. The van der Waals surface area contributed by atoms with E-state index in [0.29, 0.717) is 30.3 Å². The first-order chi connectivity index (χ1) is 7.72. The molecule has 0 fully saturated rings. The van der Waals surface area contributed by atoms with Gasteiger partial charge >= 0.3 is 0 Å². The zero-order chi connectivity index (χ0) is 11.5. The highest BCUT2D eigenvalue weighted by Crippen LogP contribution is 2.33. The second-order valence-corrected chi connectivity index (χ2v) is 3.60. The van der Waals surface area contributed by atoms with E-state index < -0.39 is 18.8 Å². The van der Waals surface area contributed by atoms with Gasteiger partial charge in [-0.05, 0) is 17.7 Å². The highest BCUT2D eigenvalue weighted by molar-refractivity contribution is 5.44. The molecule has 1 aromatic carbocycles. The van der Waals surface area contributed by atoms with Crippen molar-refractivity contribution in [1.29, 1.82) is 0 Å². The van der Waals surface area contributed by atoms with Crippen LogP contribution in [0.25, 0.3) is 0 Å². The molecule has 3 N–H and O–H groups in total. The van der Waals surface area contributed by atoms with Crippen molar-refractivity contribution in [1.82, 2.24) is 0 Å². The summed E-state index contributed by atoms with van der Waals surface area (Å²) in [5.41, 5.74) is 0.491. The highest BCUT2D eigenvalue weighted by atomic mass is 16.6. The van der Waals surface area contributed by atoms with Crippen molar-refractivity contribution in [2.75, 3.05) is 19.8 Å². The van der Waals surface area contributed by atoms with Gasteiger partial charge in [0.15, 0.2) is 11.5 Å². The third-order valence-electron chi connectivity index (χ3n) is 2.46. The van der Waals surface area contributed by atoms with Gasteiger partial charge in [-0.1, -0.05) is 6.07 Å². The summed E-state index contributed by atoms with van der Waals surface area (Å²) < 4.78 is 10.7. The lowest BCUT2D eigenvalue weighted by atomic mass is 10.0. The molecule has 0 amide bonds. The van der Waals surface area contributed by atoms with Crippen LogP contribution >= 0.6 is 0 Å². The molecule has 2 atom stereocenters. The zero-order valence-electron chi connectivity index (χ0n) is 8.67. The molecule has 0 saturated carbocycles. The summed E-state index contributed by atoms with van der Waals surface area (Å²) in [4.78, 5) is 0. The van der Waals surface area contributed by atoms with E-state index in [4.69, 9.17) is 14.6 Å². The number of hydrogen-bond acceptors (Lipinski definition) is 5. The van der Waals surface area contributed by atoms with E-state index >= 15 is 0 Å². The Balaban J connectivity index is 2.22. The molecule has 5 nitrogen and oxygen atoms in total. The van der Waals surface area contributed by atoms with Crippen molar-refractivity contribution in [3.63, 3.8) is 0 Å². The predicted octanol–water partition coefficient (Wildman–Crippen LogP) is -0.156. The van der Waals surface area contributed by atoms with Crippen molar-refractivity contribution in [3.8, 4) is 11.5 Å². The summed E-state index contributed by atoms with van der Waals surface area (Å²) in [6.07, 6.45) is -2.32. The van der Waals surface area contributed by atoms with Gasteiger partial charge in [0.2, 0.25) is 0 Å². The number of aliphatic hydroxyl groups is 3. The summed E-state index contributed by atoms with van der Waals surface area (Å²) in [5.74, 6) is 1.17. The standard InChI is InChI=1S/C11H14O5/c12-6-8(13)11(14)7-1-2-9-10(5-7)16-4-3-15-9/h1-2,5,8,11-14H,3-4,6H2. The molecule has 1 aliphatic heterocycles. The summed E-state index contributed by atoms with van der Waals surface area (Å²) in [6, 6.07) is 4.92. The van der Waals surface area contributed by atoms with Crippen molar-refractivity contribution < 1.29 is 24.8 Å². The third-order valence-corrected chi connectivity index (χ3v) is 2.46. The Kier molecular flexibility index (Phi) is 3.28. The second-order valence-electron chi connectivity index (χ2n) is 3.60.